The molecule has 1 rings (SSSR count). The number of aliphatic hydroxyl groups excluding tert-OH is 2. The largest absolute Gasteiger partial charge is 0.493 e. The first-order valence-corrected chi connectivity index (χ1v) is 5.28. The molecule has 0 fully saturated rings. The molecule has 1 aromatic carbocycles. The van der Waals surface area contributed by atoms with Crippen molar-refractivity contribution in [1.82, 2.24) is 0 Å². The van der Waals surface area contributed by atoms with Crippen molar-refractivity contribution in [1.29, 1.82) is 0 Å². The highest BCUT2D eigenvalue weighted by Gasteiger charge is 2.06. The third kappa shape index (κ3) is 4.22. The van der Waals surface area contributed by atoms with Gasteiger partial charge in [0.05, 0.1) is 34.0 Å². The average Bonchev–Trinajstić information content (AvgIpc) is 2.38. The first kappa shape index (κ1) is 13.8. The second-order valence-electron chi connectivity index (χ2n) is 3.54. The second-order valence-corrected chi connectivity index (χ2v) is 3.54. The molecule has 0 bridgehead atoms. The predicted molar refractivity (Wildman–Crippen MR) is 62.3 cm³/mol. The summed E-state index contributed by atoms with van der Waals surface area (Å²) in [7, 11) is 3.14. The topological polar surface area (TPSA) is 68.2 Å². The third-order valence-corrected chi connectivity index (χ3v) is 2.24. The fourth-order valence-corrected chi connectivity index (χ4v) is 1.34. The maximum absolute atomic E-state index is 9.10. The number of hydrogen-bond acceptors (Lipinski definition) is 5. The average molecular weight is 242 g/mol. The Bertz CT molecular complexity index is 340. The summed E-state index contributed by atoms with van der Waals surface area (Å²) in [5.41, 5.74) is 0.910. The molecule has 96 valence electrons. The Balaban J connectivity index is 2.54. The zero-order chi connectivity index (χ0) is 12.7. The van der Waals surface area contributed by atoms with Crippen molar-refractivity contribution in [2.75, 3.05) is 27.4 Å². The molecule has 0 aliphatic carbocycles. The highest BCUT2D eigenvalue weighted by molar-refractivity contribution is 5.42. The summed E-state index contributed by atoms with van der Waals surface area (Å²) in [5.74, 6) is 1.29. The van der Waals surface area contributed by atoms with Gasteiger partial charge in [0, 0.05) is 0 Å². The Morgan fingerprint density at radius 3 is 2.47 bits per heavy atom. The molecule has 0 aliphatic rings. The molecule has 0 aromatic heterocycles. The van der Waals surface area contributed by atoms with E-state index in [1.165, 1.54) is 0 Å². The summed E-state index contributed by atoms with van der Waals surface area (Å²) >= 11 is 0. The lowest BCUT2D eigenvalue weighted by molar-refractivity contribution is -0.0000174. The summed E-state index contributed by atoms with van der Waals surface area (Å²) < 4.78 is 15.5. The van der Waals surface area contributed by atoms with E-state index in [0.717, 1.165) is 5.56 Å². The highest BCUT2D eigenvalue weighted by atomic mass is 16.5. The Kier molecular flexibility index (Phi) is 5.76. The number of hydrogen-bond donors (Lipinski definition) is 2. The van der Waals surface area contributed by atoms with Gasteiger partial charge in [-0.15, -0.1) is 0 Å². The molecule has 0 saturated heterocycles. The highest BCUT2D eigenvalue weighted by Crippen LogP contribution is 2.27. The minimum absolute atomic E-state index is 0.102. The summed E-state index contributed by atoms with van der Waals surface area (Å²) in [6.07, 6.45) is -0.838. The van der Waals surface area contributed by atoms with Crippen LogP contribution in [0.5, 0.6) is 11.5 Å². The lowest BCUT2D eigenvalue weighted by atomic mass is 10.2. The fourth-order valence-electron chi connectivity index (χ4n) is 1.34. The minimum Gasteiger partial charge on any atom is -0.493 e. The van der Waals surface area contributed by atoms with Gasteiger partial charge in [0.1, 0.15) is 6.10 Å². The second kappa shape index (κ2) is 7.11. The number of methoxy groups -OCH3 is 2. The van der Waals surface area contributed by atoms with Crippen molar-refractivity contribution in [2.45, 2.75) is 12.7 Å². The van der Waals surface area contributed by atoms with Gasteiger partial charge in [-0.3, -0.25) is 0 Å². The molecule has 2 N–H and O–H groups in total. The number of rotatable bonds is 7. The maximum Gasteiger partial charge on any atom is 0.161 e. The van der Waals surface area contributed by atoms with Gasteiger partial charge in [-0.25, -0.2) is 0 Å². The van der Waals surface area contributed by atoms with Crippen LogP contribution in [-0.2, 0) is 11.3 Å². The molecule has 5 nitrogen and oxygen atoms in total. The molecule has 5 heteroatoms. The van der Waals surface area contributed by atoms with E-state index in [9.17, 15) is 0 Å². The lowest BCUT2D eigenvalue weighted by Gasteiger charge is -2.11. The molecule has 0 amide bonds. The monoisotopic (exact) mass is 242 g/mol. The van der Waals surface area contributed by atoms with Crippen LogP contribution < -0.4 is 9.47 Å². The fraction of sp³-hybridized carbons (Fsp3) is 0.500. The molecule has 1 aromatic rings. The summed E-state index contributed by atoms with van der Waals surface area (Å²) in [6, 6.07) is 5.46. The predicted octanol–water partition coefficient (Wildman–Crippen LogP) is 0.574. The molecule has 0 unspecified atom stereocenters. The van der Waals surface area contributed by atoms with Crippen LogP contribution in [-0.4, -0.2) is 43.8 Å². The number of aliphatic hydroxyl groups is 2. The van der Waals surface area contributed by atoms with E-state index in [1.54, 1.807) is 20.3 Å². The van der Waals surface area contributed by atoms with E-state index < -0.39 is 6.10 Å². The Morgan fingerprint density at radius 1 is 1.18 bits per heavy atom. The van der Waals surface area contributed by atoms with Crippen molar-refractivity contribution in [3.8, 4) is 11.5 Å². The molecular formula is C12H18O5. The third-order valence-electron chi connectivity index (χ3n) is 2.24. The Hall–Kier alpha value is -1.30. The normalized spacial score (nSPS) is 12.2. The smallest absolute Gasteiger partial charge is 0.161 e. The number of ether oxygens (including phenoxy) is 3. The Morgan fingerprint density at radius 2 is 1.88 bits per heavy atom. The van der Waals surface area contributed by atoms with Gasteiger partial charge in [-0.05, 0) is 17.7 Å². The van der Waals surface area contributed by atoms with Crippen molar-refractivity contribution in [3.63, 3.8) is 0 Å². The van der Waals surface area contributed by atoms with Gasteiger partial charge in [0.15, 0.2) is 11.5 Å². The van der Waals surface area contributed by atoms with Crippen LogP contribution in [0.25, 0.3) is 0 Å². The maximum atomic E-state index is 9.10. The molecule has 0 heterocycles. The van der Waals surface area contributed by atoms with Crippen LogP contribution >= 0.6 is 0 Å². The molecule has 1 atom stereocenters. The van der Waals surface area contributed by atoms with Gasteiger partial charge in [-0.1, -0.05) is 6.07 Å². The number of benzene rings is 1. The van der Waals surface area contributed by atoms with Crippen LogP contribution in [0.4, 0.5) is 0 Å². The van der Waals surface area contributed by atoms with Crippen LogP contribution in [0.15, 0.2) is 18.2 Å². The Labute approximate surface area is 101 Å². The van der Waals surface area contributed by atoms with Crippen molar-refractivity contribution >= 4 is 0 Å². The lowest BCUT2D eigenvalue weighted by Crippen LogP contribution is -2.19. The zero-order valence-electron chi connectivity index (χ0n) is 10.0. The first-order chi connectivity index (χ1) is 8.21. The van der Waals surface area contributed by atoms with E-state index in [-0.39, 0.29) is 13.2 Å². The standard InChI is InChI=1S/C12H18O5/c1-15-11-4-3-9(5-12(11)16-2)7-17-8-10(14)6-13/h3-5,10,13-14H,6-8H2,1-2H3/t10-/m1/s1. The van der Waals surface area contributed by atoms with Crippen LogP contribution in [0.2, 0.25) is 0 Å². The SMILES string of the molecule is COc1ccc(COC[C@H](O)CO)cc1OC. The van der Waals surface area contributed by atoms with E-state index in [1.807, 2.05) is 12.1 Å². The van der Waals surface area contributed by atoms with Gasteiger partial charge in [-0.2, -0.15) is 0 Å². The van der Waals surface area contributed by atoms with Crippen LogP contribution in [0.1, 0.15) is 5.56 Å². The molecule has 0 radical (unpaired) electrons. The van der Waals surface area contributed by atoms with E-state index >= 15 is 0 Å². The molecule has 17 heavy (non-hydrogen) atoms. The van der Waals surface area contributed by atoms with Crippen molar-refractivity contribution in [2.24, 2.45) is 0 Å². The summed E-state index contributed by atoms with van der Waals surface area (Å²) in [4.78, 5) is 0. The van der Waals surface area contributed by atoms with Crippen molar-refractivity contribution in [3.05, 3.63) is 23.8 Å². The van der Waals surface area contributed by atoms with Crippen LogP contribution in [0, 0.1) is 0 Å². The summed E-state index contributed by atoms with van der Waals surface area (Å²) in [5, 5.41) is 17.7. The van der Waals surface area contributed by atoms with E-state index in [4.69, 9.17) is 24.4 Å². The van der Waals surface area contributed by atoms with Crippen molar-refractivity contribution < 1.29 is 24.4 Å². The van der Waals surface area contributed by atoms with E-state index in [2.05, 4.69) is 0 Å². The van der Waals surface area contributed by atoms with E-state index in [0.29, 0.717) is 18.1 Å². The molecule has 0 saturated carbocycles. The molecular weight excluding hydrogens is 224 g/mol. The molecule has 0 aliphatic heterocycles. The van der Waals surface area contributed by atoms with Gasteiger partial charge < -0.3 is 24.4 Å². The van der Waals surface area contributed by atoms with Crippen LogP contribution in [0.3, 0.4) is 0 Å². The van der Waals surface area contributed by atoms with Gasteiger partial charge in [0.2, 0.25) is 0 Å². The zero-order valence-corrected chi connectivity index (χ0v) is 10.0. The van der Waals surface area contributed by atoms with Gasteiger partial charge >= 0.3 is 0 Å². The minimum atomic E-state index is -0.838. The molecule has 0 spiro atoms. The quantitative estimate of drug-likeness (QED) is 0.731. The van der Waals surface area contributed by atoms with Gasteiger partial charge in [0.25, 0.3) is 0 Å². The summed E-state index contributed by atoms with van der Waals surface area (Å²) in [6.45, 7) is 0.147. The first-order valence-electron chi connectivity index (χ1n) is 5.28.